The monoisotopic (exact) mass is 1250 g/mol. The lowest BCUT2D eigenvalue weighted by molar-refractivity contribution is -0.161. The number of carbonyl (C=O) groups is 2. The van der Waals surface area contributed by atoms with Gasteiger partial charge in [0, 0.05) is 19.4 Å². The first-order valence-corrected chi connectivity index (χ1v) is 37.5. The minimum absolute atomic E-state index is 0.0457. The van der Waals surface area contributed by atoms with Crippen LogP contribution in [0.5, 0.6) is 0 Å². The molecule has 0 radical (unpaired) electrons. The average molecular weight is 1250 g/mol. The number of allylic oxidation sites excluding steroid dienone is 26. The summed E-state index contributed by atoms with van der Waals surface area (Å²) < 4.78 is 33.2. The second kappa shape index (κ2) is 72.7. The van der Waals surface area contributed by atoms with Crippen LogP contribution in [0.25, 0.3) is 0 Å². The molecule has 0 spiro atoms. The van der Waals surface area contributed by atoms with Crippen LogP contribution in [0.15, 0.2) is 158 Å². The minimum Gasteiger partial charge on any atom is -0.462 e. The standard InChI is InChI=1S/C79H132NO8P/c1-3-5-7-9-11-13-15-17-19-21-23-25-27-29-31-33-35-37-38-40-41-43-45-47-49-51-53-55-57-59-61-63-65-67-69-71-78(81)85-75-77(76-87-89(83,84)86-74-73-80)88-79(82)72-70-68-66-64-62-60-58-56-54-52-50-48-46-44-42-39-36-34-32-30-28-26-24-22-20-18-16-14-12-10-8-6-4-2/h5-8,11-14,17-20,23-26,29-32,36,39,44,46,50,52,77H,3-4,9-10,15-16,21-22,27-28,33-35,37-38,40-43,45,47-49,51,53-76,80H2,1-2H3,(H,83,84)/b7-5-,8-6-,13-11-,14-12-,19-17-,20-18-,25-23-,26-24-,31-29-,32-30-,39-36-,46-44-,52-50-. The van der Waals surface area contributed by atoms with E-state index in [1.54, 1.807) is 0 Å². The molecule has 0 saturated heterocycles. The molecule has 506 valence electrons. The Kier molecular flexibility index (Phi) is 69.1. The fraction of sp³-hybridized carbons (Fsp3) is 0.646. The van der Waals surface area contributed by atoms with Gasteiger partial charge in [0.1, 0.15) is 6.61 Å². The van der Waals surface area contributed by atoms with E-state index in [0.717, 1.165) is 128 Å². The van der Waals surface area contributed by atoms with Gasteiger partial charge in [0.15, 0.2) is 6.10 Å². The van der Waals surface area contributed by atoms with Crippen molar-refractivity contribution in [2.24, 2.45) is 5.73 Å². The number of hydrogen-bond donors (Lipinski definition) is 2. The van der Waals surface area contributed by atoms with Crippen LogP contribution < -0.4 is 5.73 Å². The smallest absolute Gasteiger partial charge is 0.462 e. The molecule has 0 aliphatic carbocycles. The summed E-state index contributed by atoms with van der Waals surface area (Å²) in [4.78, 5) is 35.4. The Hall–Kier alpha value is -4.37. The molecule has 89 heavy (non-hydrogen) atoms. The summed E-state index contributed by atoms with van der Waals surface area (Å²) in [5.74, 6) is -0.837. The topological polar surface area (TPSA) is 134 Å². The number of esters is 2. The van der Waals surface area contributed by atoms with Crippen LogP contribution in [-0.2, 0) is 32.7 Å². The van der Waals surface area contributed by atoms with E-state index in [4.69, 9.17) is 24.3 Å². The van der Waals surface area contributed by atoms with Gasteiger partial charge in [0.25, 0.3) is 0 Å². The molecular formula is C79H132NO8P. The normalized spacial score (nSPS) is 13.9. The Labute approximate surface area is 547 Å². The van der Waals surface area contributed by atoms with Crippen molar-refractivity contribution < 1.29 is 37.6 Å². The highest BCUT2D eigenvalue weighted by atomic mass is 31.2. The van der Waals surface area contributed by atoms with Crippen LogP contribution >= 0.6 is 7.82 Å². The number of hydrogen-bond acceptors (Lipinski definition) is 8. The van der Waals surface area contributed by atoms with Gasteiger partial charge in [-0.15, -0.1) is 0 Å². The molecule has 0 fully saturated rings. The molecule has 0 saturated carbocycles. The lowest BCUT2D eigenvalue weighted by Crippen LogP contribution is -2.29. The van der Waals surface area contributed by atoms with Crippen molar-refractivity contribution in [3.8, 4) is 0 Å². The maximum Gasteiger partial charge on any atom is 0.472 e. The van der Waals surface area contributed by atoms with Gasteiger partial charge in [-0.05, 0) is 122 Å². The Balaban J connectivity index is 3.92. The number of unbranched alkanes of at least 4 members (excludes halogenated alkanes) is 27. The molecule has 2 atom stereocenters. The number of nitrogens with two attached hydrogens (primary N) is 1. The van der Waals surface area contributed by atoms with Gasteiger partial charge in [0.05, 0.1) is 13.2 Å². The zero-order valence-corrected chi connectivity index (χ0v) is 57.8. The van der Waals surface area contributed by atoms with E-state index in [9.17, 15) is 19.0 Å². The summed E-state index contributed by atoms with van der Waals surface area (Å²) in [6.07, 6.45) is 106. The molecule has 9 nitrogen and oxygen atoms in total. The number of carbonyl (C=O) groups excluding carboxylic acids is 2. The van der Waals surface area contributed by atoms with Crippen molar-refractivity contribution in [2.45, 2.75) is 302 Å². The van der Waals surface area contributed by atoms with Gasteiger partial charge < -0.3 is 20.1 Å². The Morgan fingerprint density at radius 2 is 0.584 bits per heavy atom. The molecule has 0 aromatic heterocycles. The molecule has 0 aromatic rings. The average Bonchev–Trinajstić information content (AvgIpc) is 3.58. The van der Waals surface area contributed by atoms with E-state index in [-0.39, 0.29) is 38.6 Å². The van der Waals surface area contributed by atoms with Crippen LogP contribution in [0.1, 0.15) is 296 Å². The fourth-order valence-corrected chi connectivity index (χ4v) is 10.4. The van der Waals surface area contributed by atoms with Gasteiger partial charge in [-0.3, -0.25) is 18.6 Å². The summed E-state index contributed by atoms with van der Waals surface area (Å²) in [6.45, 7) is 3.52. The van der Waals surface area contributed by atoms with Crippen LogP contribution in [0, 0.1) is 0 Å². The first kappa shape index (κ1) is 84.6. The Bertz CT molecular complexity index is 2020. The number of rotatable bonds is 66. The van der Waals surface area contributed by atoms with Crippen molar-refractivity contribution >= 4 is 19.8 Å². The second-order valence-electron chi connectivity index (χ2n) is 23.3. The summed E-state index contributed by atoms with van der Waals surface area (Å²) in [6, 6.07) is 0. The minimum atomic E-state index is -4.41. The molecule has 10 heteroatoms. The molecule has 0 heterocycles. The molecule has 0 rings (SSSR count). The van der Waals surface area contributed by atoms with E-state index in [1.165, 1.54) is 135 Å². The quantitative estimate of drug-likeness (QED) is 0.0264. The van der Waals surface area contributed by atoms with Crippen LogP contribution in [0.4, 0.5) is 0 Å². The van der Waals surface area contributed by atoms with Crippen molar-refractivity contribution in [1.82, 2.24) is 0 Å². The van der Waals surface area contributed by atoms with E-state index in [1.807, 2.05) is 0 Å². The maximum atomic E-state index is 12.8. The summed E-state index contributed by atoms with van der Waals surface area (Å²) in [7, 11) is -4.41. The highest BCUT2D eigenvalue weighted by Gasteiger charge is 2.26. The first-order chi connectivity index (χ1) is 43.8. The highest BCUT2D eigenvalue weighted by molar-refractivity contribution is 7.47. The van der Waals surface area contributed by atoms with E-state index < -0.39 is 26.5 Å². The Morgan fingerprint density at radius 1 is 0.337 bits per heavy atom. The van der Waals surface area contributed by atoms with Gasteiger partial charge in [-0.1, -0.05) is 320 Å². The third-order valence-electron chi connectivity index (χ3n) is 14.9. The fourth-order valence-electron chi connectivity index (χ4n) is 9.68. The maximum absolute atomic E-state index is 12.8. The SMILES string of the molecule is CC/C=C\C/C=C\C/C=C\C/C=C\C/C=C\C/C=C\C/C=C\C/C=C\CCCCCCCCCCC(=O)OC(COC(=O)CCCCCCCCCCCCCCCCCCCCC/C=C\C/C=C\C/C=C\C/C=C\C/C=C\CC)COP(=O)(O)OCCN. The third kappa shape index (κ3) is 72.6. The molecule has 0 aliphatic rings. The largest absolute Gasteiger partial charge is 0.472 e. The Morgan fingerprint density at radius 3 is 0.865 bits per heavy atom. The number of phosphoric ester groups is 1. The highest BCUT2D eigenvalue weighted by Crippen LogP contribution is 2.43. The van der Waals surface area contributed by atoms with E-state index >= 15 is 0 Å². The lowest BCUT2D eigenvalue weighted by atomic mass is 10.0. The zero-order valence-electron chi connectivity index (χ0n) is 56.9. The summed E-state index contributed by atoms with van der Waals surface area (Å²) in [5, 5.41) is 0. The molecule has 0 bridgehead atoms. The molecular weight excluding hydrogens is 1120 g/mol. The van der Waals surface area contributed by atoms with Crippen molar-refractivity contribution in [2.75, 3.05) is 26.4 Å². The van der Waals surface area contributed by atoms with Gasteiger partial charge in [0.2, 0.25) is 0 Å². The molecule has 3 N–H and O–H groups in total. The van der Waals surface area contributed by atoms with E-state index in [0.29, 0.717) is 6.42 Å². The predicted octanol–water partition coefficient (Wildman–Crippen LogP) is 24.0. The van der Waals surface area contributed by atoms with Gasteiger partial charge >= 0.3 is 19.8 Å². The third-order valence-corrected chi connectivity index (χ3v) is 15.9. The van der Waals surface area contributed by atoms with E-state index in [2.05, 4.69) is 172 Å². The number of phosphoric acid groups is 1. The molecule has 0 aliphatic heterocycles. The zero-order chi connectivity index (χ0) is 64.4. The second-order valence-corrected chi connectivity index (χ2v) is 24.8. The molecule has 2 unspecified atom stereocenters. The van der Waals surface area contributed by atoms with Crippen LogP contribution in [-0.4, -0.2) is 49.3 Å². The first-order valence-electron chi connectivity index (χ1n) is 36.0. The summed E-state index contributed by atoms with van der Waals surface area (Å²) >= 11 is 0. The predicted molar refractivity (Wildman–Crippen MR) is 385 cm³/mol. The lowest BCUT2D eigenvalue weighted by Gasteiger charge is -2.19. The number of ether oxygens (including phenoxy) is 2. The van der Waals surface area contributed by atoms with Crippen molar-refractivity contribution in [3.63, 3.8) is 0 Å². The van der Waals surface area contributed by atoms with Crippen LogP contribution in [0.2, 0.25) is 0 Å². The van der Waals surface area contributed by atoms with Crippen molar-refractivity contribution in [1.29, 1.82) is 0 Å². The van der Waals surface area contributed by atoms with Gasteiger partial charge in [-0.25, -0.2) is 4.57 Å². The molecule has 0 amide bonds. The summed E-state index contributed by atoms with van der Waals surface area (Å²) in [5.41, 5.74) is 5.40. The van der Waals surface area contributed by atoms with Crippen molar-refractivity contribution in [3.05, 3.63) is 158 Å². The van der Waals surface area contributed by atoms with Crippen LogP contribution in [0.3, 0.4) is 0 Å². The molecule has 0 aromatic carbocycles. The van der Waals surface area contributed by atoms with Gasteiger partial charge in [-0.2, -0.15) is 0 Å².